The largest absolute Gasteiger partial charge is 0.370 e. The summed E-state index contributed by atoms with van der Waals surface area (Å²) in [6.07, 6.45) is 1.28. The lowest BCUT2D eigenvalue weighted by molar-refractivity contribution is -0.125. The molecule has 2 rings (SSSR count). The van der Waals surface area contributed by atoms with E-state index in [1.807, 2.05) is 0 Å². The van der Waals surface area contributed by atoms with Gasteiger partial charge in [-0.2, -0.15) is 0 Å². The number of methoxy groups -OCH3 is 1. The molecule has 0 aromatic heterocycles. The van der Waals surface area contributed by atoms with Crippen LogP contribution >= 0.6 is 12.4 Å². The molecule has 1 fully saturated rings. The summed E-state index contributed by atoms with van der Waals surface area (Å²) in [5.41, 5.74) is 6.78. The Labute approximate surface area is 129 Å². The second-order valence-corrected chi connectivity index (χ2v) is 4.79. The molecule has 0 bridgehead atoms. The zero-order valence-corrected chi connectivity index (χ0v) is 12.6. The van der Waals surface area contributed by atoms with Crippen molar-refractivity contribution in [3.05, 3.63) is 24.3 Å². The molecule has 4 N–H and O–H groups in total. The van der Waals surface area contributed by atoms with Crippen LogP contribution < -0.4 is 16.4 Å². The van der Waals surface area contributed by atoms with E-state index in [1.54, 1.807) is 24.3 Å². The van der Waals surface area contributed by atoms with Crippen LogP contribution in [0.4, 0.5) is 11.4 Å². The van der Waals surface area contributed by atoms with Crippen molar-refractivity contribution < 1.29 is 14.3 Å². The third-order valence-electron chi connectivity index (χ3n) is 3.16. The molecule has 0 radical (unpaired) electrons. The fraction of sp³-hybridized carbons (Fsp3) is 0.429. The van der Waals surface area contributed by atoms with Crippen molar-refractivity contribution in [2.24, 2.45) is 11.7 Å². The standard InChI is InChI=1S/C14H19N3O3.ClH/c1-20-12(8-15)14(19)17-11-6-4-10(5-7-11)16-13(18)9-2-3-9;/h4-7,9,12H,2-3,8,15H2,1H3,(H,16,18)(H,17,19);1H. The molecule has 0 spiro atoms. The molecule has 6 nitrogen and oxygen atoms in total. The summed E-state index contributed by atoms with van der Waals surface area (Å²) >= 11 is 0. The number of rotatable bonds is 6. The third-order valence-corrected chi connectivity index (χ3v) is 3.16. The van der Waals surface area contributed by atoms with Gasteiger partial charge in [0.2, 0.25) is 5.91 Å². The van der Waals surface area contributed by atoms with E-state index in [1.165, 1.54) is 7.11 Å². The Morgan fingerprint density at radius 3 is 2.19 bits per heavy atom. The van der Waals surface area contributed by atoms with Crippen LogP contribution in [0.3, 0.4) is 0 Å². The number of carbonyl (C=O) groups is 2. The van der Waals surface area contributed by atoms with Gasteiger partial charge in [0.1, 0.15) is 6.10 Å². The predicted molar refractivity (Wildman–Crippen MR) is 83.5 cm³/mol. The summed E-state index contributed by atoms with van der Waals surface area (Å²) in [4.78, 5) is 23.3. The molecule has 0 heterocycles. The van der Waals surface area contributed by atoms with Crippen LogP contribution in [0.15, 0.2) is 24.3 Å². The molecule has 1 aromatic rings. The molecule has 7 heteroatoms. The molecule has 1 saturated carbocycles. The third kappa shape index (κ3) is 5.00. The summed E-state index contributed by atoms with van der Waals surface area (Å²) in [6.45, 7) is 0.123. The lowest BCUT2D eigenvalue weighted by Gasteiger charge is -2.13. The number of nitrogens with one attached hydrogen (secondary N) is 2. The number of halogens is 1. The van der Waals surface area contributed by atoms with E-state index in [0.29, 0.717) is 5.69 Å². The molecule has 2 amide bonds. The fourth-order valence-corrected chi connectivity index (χ4v) is 1.76. The first kappa shape index (κ1) is 17.4. The lowest BCUT2D eigenvalue weighted by atomic mass is 10.2. The monoisotopic (exact) mass is 313 g/mol. The van der Waals surface area contributed by atoms with Crippen molar-refractivity contribution in [1.29, 1.82) is 0 Å². The van der Waals surface area contributed by atoms with E-state index in [0.717, 1.165) is 18.5 Å². The second kappa shape index (κ2) is 7.97. The predicted octanol–water partition coefficient (Wildman–Crippen LogP) is 1.37. The first-order valence-corrected chi connectivity index (χ1v) is 6.58. The highest BCUT2D eigenvalue weighted by atomic mass is 35.5. The molecule has 1 aliphatic rings. The van der Waals surface area contributed by atoms with Crippen molar-refractivity contribution in [3.8, 4) is 0 Å². The highest BCUT2D eigenvalue weighted by Crippen LogP contribution is 2.30. The number of amides is 2. The maximum atomic E-state index is 11.7. The van der Waals surface area contributed by atoms with Gasteiger partial charge in [-0.05, 0) is 37.1 Å². The van der Waals surface area contributed by atoms with E-state index in [9.17, 15) is 9.59 Å². The minimum Gasteiger partial charge on any atom is -0.370 e. The summed E-state index contributed by atoms with van der Waals surface area (Å²) in [6, 6.07) is 6.95. The summed E-state index contributed by atoms with van der Waals surface area (Å²) in [5, 5.41) is 5.54. The molecule has 1 unspecified atom stereocenters. The van der Waals surface area contributed by atoms with Crippen LogP contribution in [-0.2, 0) is 14.3 Å². The first-order valence-electron chi connectivity index (χ1n) is 6.58. The number of ether oxygens (including phenoxy) is 1. The highest BCUT2D eigenvalue weighted by Gasteiger charge is 2.29. The maximum absolute atomic E-state index is 11.7. The van der Waals surface area contributed by atoms with Gasteiger partial charge in [-0.1, -0.05) is 0 Å². The van der Waals surface area contributed by atoms with Crippen molar-refractivity contribution in [1.82, 2.24) is 0 Å². The quantitative estimate of drug-likeness (QED) is 0.739. The second-order valence-electron chi connectivity index (χ2n) is 4.79. The summed E-state index contributed by atoms with van der Waals surface area (Å²) < 4.78 is 4.95. The smallest absolute Gasteiger partial charge is 0.254 e. The molecule has 1 aromatic carbocycles. The molecule has 0 saturated heterocycles. The van der Waals surface area contributed by atoms with Crippen LogP contribution in [0.2, 0.25) is 0 Å². The van der Waals surface area contributed by atoms with Crippen LogP contribution in [0.5, 0.6) is 0 Å². The SMILES string of the molecule is COC(CN)C(=O)Nc1ccc(NC(=O)C2CC2)cc1.Cl. The molecular weight excluding hydrogens is 294 g/mol. The van der Waals surface area contributed by atoms with Crippen LogP contribution in [-0.4, -0.2) is 31.6 Å². The van der Waals surface area contributed by atoms with Gasteiger partial charge in [-0.3, -0.25) is 9.59 Å². The van der Waals surface area contributed by atoms with Crippen molar-refractivity contribution in [2.45, 2.75) is 18.9 Å². The minimum atomic E-state index is -0.663. The number of carbonyl (C=O) groups excluding carboxylic acids is 2. The van der Waals surface area contributed by atoms with E-state index < -0.39 is 6.10 Å². The molecule has 1 atom stereocenters. The summed E-state index contributed by atoms with van der Waals surface area (Å²) in [7, 11) is 1.44. The normalized spacial score (nSPS) is 14.8. The number of hydrogen-bond donors (Lipinski definition) is 3. The summed E-state index contributed by atoms with van der Waals surface area (Å²) in [5.74, 6) is -0.0597. The highest BCUT2D eigenvalue weighted by molar-refractivity contribution is 5.96. The Balaban J connectivity index is 0.00000220. The topological polar surface area (TPSA) is 93.4 Å². The molecule has 21 heavy (non-hydrogen) atoms. The number of anilines is 2. The number of nitrogens with two attached hydrogens (primary N) is 1. The molecule has 1 aliphatic carbocycles. The van der Waals surface area contributed by atoms with Crippen LogP contribution in [0.1, 0.15) is 12.8 Å². The van der Waals surface area contributed by atoms with Gasteiger partial charge in [0.25, 0.3) is 5.91 Å². The molecule has 116 valence electrons. The Kier molecular flexibility index (Phi) is 6.61. The van der Waals surface area contributed by atoms with Gasteiger partial charge in [-0.15, -0.1) is 12.4 Å². The van der Waals surface area contributed by atoms with Gasteiger partial charge < -0.3 is 21.1 Å². The van der Waals surface area contributed by atoms with Crippen molar-refractivity contribution in [2.75, 3.05) is 24.3 Å². The lowest BCUT2D eigenvalue weighted by Crippen LogP contribution is -2.35. The Morgan fingerprint density at radius 1 is 1.24 bits per heavy atom. The molecule has 0 aliphatic heterocycles. The van der Waals surface area contributed by atoms with E-state index in [4.69, 9.17) is 10.5 Å². The number of benzene rings is 1. The zero-order chi connectivity index (χ0) is 14.5. The van der Waals surface area contributed by atoms with Gasteiger partial charge in [0.05, 0.1) is 0 Å². The maximum Gasteiger partial charge on any atom is 0.254 e. The van der Waals surface area contributed by atoms with E-state index in [-0.39, 0.29) is 36.7 Å². The van der Waals surface area contributed by atoms with Gasteiger partial charge >= 0.3 is 0 Å². The van der Waals surface area contributed by atoms with Crippen molar-refractivity contribution >= 4 is 35.6 Å². The van der Waals surface area contributed by atoms with E-state index in [2.05, 4.69) is 10.6 Å². The average molecular weight is 314 g/mol. The van der Waals surface area contributed by atoms with Gasteiger partial charge in [-0.25, -0.2) is 0 Å². The average Bonchev–Trinajstić information content (AvgIpc) is 3.27. The van der Waals surface area contributed by atoms with Crippen molar-refractivity contribution in [3.63, 3.8) is 0 Å². The van der Waals surface area contributed by atoms with Crippen LogP contribution in [0.25, 0.3) is 0 Å². The Morgan fingerprint density at radius 2 is 1.76 bits per heavy atom. The van der Waals surface area contributed by atoms with Gasteiger partial charge in [0, 0.05) is 30.9 Å². The molecular formula is C14H20ClN3O3. The minimum absolute atomic E-state index is 0. The van der Waals surface area contributed by atoms with E-state index >= 15 is 0 Å². The number of hydrogen-bond acceptors (Lipinski definition) is 4. The first-order chi connectivity index (χ1) is 9.63. The van der Waals surface area contributed by atoms with Crippen LogP contribution in [0, 0.1) is 5.92 Å². The fourth-order valence-electron chi connectivity index (χ4n) is 1.76. The van der Waals surface area contributed by atoms with Gasteiger partial charge in [0.15, 0.2) is 0 Å². The Bertz CT molecular complexity index is 485. The zero-order valence-electron chi connectivity index (χ0n) is 11.8. The Hall–Kier alpha value is -1.63.